The van der Waals surface area contributed by atoms with E-state index < -0.39 is 0 Å². The fraction of sp³-hybridized carbons (Fsp3) is 0. The van der Waals surface area contributed by atoms with Crippen LogP contribution in [0.5, 0.6) is 0 Å². The molecule has 28 heavy (non-hydrogen) atoms. The van der Waals surface area contributed by atoms with Gasteiger partial charge in [0.2, 0.25) is 0 Å². The predicted molar refractivity (Wildman–Crippen MR) is 115 cm³/mol. The van der Waals surface area contributed by atoms with Crippen LogP contribution in [0.1, 0.15) is 27.0 Å². The van der Waals surface area contributed by atoms with Gasteiger partial charge in [-0.1, -0.05) is 109 Å². The lowest BCUT2D eigenvalue weighted by Gasteiger charge is -2.24. The van der Waals surface area contributed by atoms with Crippen molar-refractivity contribution in [3.8, 4) is 11.1 Å². The zero-order chi connectivity index (χ0) is 18.9. The maximum Gasteiger partial charge on any atom is 0.194 e. The molecular formula is C27H18O. The van der Waals surface area contributed by atoms with Gasteiger partial charge in [0.15, 0.2) is 5.78 Å². The molecule has 0 radical (unpaired) electrons. The maximum absolute atomic E-state index is 13.7. The summed E-state index contributed by atoms with van der Waals surface area (Å²) in [5.74, 6) is 0.0806. The zero-order valence-corrected chi connectivity index (χ0v) is 15.3. The van der Waals surface area contributed by atoms with Crippen LogP contribution in [-0.2, 0) is 0 Å². The molecule has 1 nitrogen and oxygen atoms in total. The molecule has 1 heteroatoms. The van der Waals surface area contributed by atoms with Crippen molar-refractivity contribution in [3.05, 3.63) is 131 Å². The molecule has 1 aliphatic rings. The van der Waals surface area contributed by atoms with Crippen LogP contribution >= 0.6 is 0 Å². The first-order valence-electron chi connectivity index (χ1n) is 9.43. The van der Waals surface area contributed by atoms with Gasteiger partial charge in [-0.2, -0.15) is 0 Å². The van der Waals surface area contributed by atoms with Crippen LogP contribution in [-0.4, -0.2) is 5.78 Å². The van der Waals surface area contributed by atoms with Gasteiger partial charge in [-0.05, 0) is 27.8 Å². The average Bonchev–Trinajstić information content (AvgIpc) is 2.78. The van der Waals surface area contributed by atoms with Crippen LogP contribution < -0.4 is 0 Å². The van der Waals surface area contributed by atoms with E-state index in [-0.39, 0.29) is 5.78 Å². The number of benzene rings is 4. The summed E-state index contributed by atoms with van der Waals surface area (Å²) in [4.78, 5) is 13.7. The lowest BCUT2D eigenvalue weighted by molar-refractivity contribution is 0.105. The average molecular weight is 358 g/mol. The molecule has 4 aromatic rings. The van der Waals surface area contributed by atoms with E-state index in [2.05, 4.69) is 36.4 Å². The van der Waals surface area contributed by atoms with Crippen molar-refractivity contribution in [2.24, 2.45) is 0 Å². The lowest BCUT2D eigenvalue weighted by atomic mass is 9.77. The van der Waals surface area contributed by atoms with Crippen LogP contribution in [0.3, 0.4) is 0 Å². The van der Waals surface area contributed by atoms with Gasteiger partial charge in [0.25, 0.3) is 0 Å². The molecule has 0 aromatic heterocycles. The summed E-state index contributed by atoms with van der Waals surface area (Å²) < 4.78 is 0. The van der Waals surface area contributed by atoms with Crippen LogP contribution in [0.15, 0.2) is 109 Å². The molecule has 0 saturated heterocycles. The van der Waals surface area contributed by atoms with Gasteiger partial charge in [0.1, 0.15) is 0 Å². The van der Waals surface area contributed by atoms with Crippen LogP contribution in [0.4, 0.5) is 0 Å². The van der Waals surface area contributed by atoms with Crippen LogP contribution in [0.2, 0.25) is 0 Å². The van der Waals surface area contributed by atoms with E-state index in [9.17, 15) is 4.79 Å². The summed E-state index contributed by atoms with van der Waals surface area (Å²) in [6, 6.07) is 36.5. The first kappa shape index (κ1) is 16.5. The van der Waals surface area contributed by atoms with Crippen molar-refractivity contribution in [3.63, 3.8) is 0 Å². The van der Waals surface area contributed by atoms with Crippen LogP contribution in [0, 0.1) is 0 Å². The standard InChI is InChI=1S/C27H18O/c28-27-24-18-10-8-16-22(24)21-15-7-9-17-23(21)26(27)25(19-11-3-1-4-12-19)20-13-5-2-6-14-20/h1-18H. The summed E-state index contributed by atoms with van der Waals surface area (Å²) in [5, 5.41) is 0. The molecule has 0 fully saturated rings. The number of rotatable bonds is 2. The first-order valence-corrected chi connectivity index (χ1v) is 9.43. The molecule has 5 rings (SSSR count). The number of hydrogen-bond donors (Lipinski definition) is 0. The van der Waals surface area contributed by atoms with Gasteiger partial charge in [0, 0.05) is 16.7 Å². The van der Waals surface area contributed by atoms with Gasteiger partial charge in [-0.3, -0.25) is 4.79 Å². The maximum atomic E-state index is 13.7. The highest BCUT2D eigenvalue weighted by Crippen LogP contribution is 2.43. The SMILES string of the molecule is O=C1C(=C(c2ccccc2)c2ccccc2)c2ccccc2-c2ccccc21. The number of hydrogen-bond acceptors (Lipinski definition) is 1. The number of carbonyl (C=O) groups is 1. The van der Waals surface area contributed by atoms with E-state index >= 15 is 0 Å². The molecule has 4 aromatic carbocycles. The van der Waals surface area contributed by atoms with E-state index in [0.29, 0.717) is 0 Å². The van der Waals surface area contributed by atoms with Gasteiger partial charge in [-0.15, -0.1) is 0 Å². The molecule has 0 saturated carbocycles. The van der Waals surface area contributed by atoms with E-state index in [0.717, 1.165) is 44.5 Å². The third kappa shape index (κ3) is 2.60. The molecule has 0 aliphatic heterocycles. The van der Waals surface area contributed by atoms with Gasteiger partial charge < -0.3 is 0 Å². The highest BCUT2D eigenvalue weighted by Gasteiger charge is 2.30. The summed E-state index contributed by atoms with van der Waals surface area (Å²) in [6.07, 6.45) is 0. The third-order valence-corrected chi connectivity index (χ3v) is 5.26. The molecular weight excluding hydrogens is 340 g/mol. The van der Waals surface area contributed by atoms with Gasteiger partial charge in [0.05, 0.1) is 0 Å². The number of allylic oxidation sites excluding steroid dienone is 1. The van der Waals surface area contributed by atoms with Crippen molar-refractivity contribution in [2.45, 2.75) is 0 Å². The van der Waals surface area contributed by atoms with Gasteiger partial charge >= 0.3 is 0 Å². The van der Waals surface area contributed by atoms with Crippen molar-refractivity contribution in [2.75, 3.05) is 0 Å². The Morgan fingerprint density at radius 3 is 1.36 bits per heavy atom. The Labute approximate surface area is 164 Å². The van der Waals surface area contributed by atoms with Crippen molar-refractivity contribution < 1.29 is 4.79 Å². The predicted octanol–water partition coefficient (Wildman–Crippen LogP) is 6.51. The van der Waals surface area contributed by atoms with Crippen molar-refractivity contribution in [1.82, 2.24) is 0 Å². The van der Waals surface area contributed by atoms with E-state index in [1.165, 1.54) is 0 Å². The molecule has 0 atom stereocenters. The smallest absolute Gasteiger partial charge is 0.194 e. The molecule has 0 N–H and O–H groups in total. The van der Waals surface area contributed by atoms with E-state index in [4.69, 9.17) is 0 Å². The van der Waals surface area contributed by atoms with E-state index in [1.54, 1.807) is 0 Å². The lowest BCUT2D eigenvalue weighted by Crippen LogP contribution is -2.13. The number of Topliss-reactive ketones (excluding diaryl/α,β-unsaturated/α-hetero) is 1. The third-order valence-electron chi connectivity index (χ3n) is 5.26. The van der Waals surface area contributed by atoms with Crippen molar-refractivity contribution >= 4 is 16.9 Å². The Balaban J connectivity index is 1.91. The molecule has 0 bridgehead atoms. The first-order chi connectivity index (χ1) is 13.8. The fourth-order valence-electron chi connectivity index (χ4n) is 4.02. The topological polar surface area (TPSA) is 17.1 Å². The summed E-state index contributed by atoms with van der Waals surface area (Å²) in [6.45, 7) is 0. The fourth-order valence-corrected chi connectivity index (χ4v) is 4.02. The monoisotopic (exact) mass is 358 g/mol. The number of fused-ring (bicyclic) bond motifs is 3. The summed E-state index contributed by atoms with van der Waals surface area (Å²) >= 11 is 0. The Hall–Kier alpha value is -3.71. The number of ketones is 1. The van der Waals surface area contributed by atoms with E-state index in [1.807, 2.05) is 72.8 Å². The molecule has 0 unspecified atom stereocenters. The minimum Gasteiger partial charge on any atom is -0.289 e. The molecule has 0 spiro atoms. The normalized spacial score (nSPS) is 12.3. The molecule has 0 heterocycles. The Kier molecular flexibility index (Phi) is 3.99. The Bertz CT molecular complexity index is 1160. The minimum atomic E-state index is 0.0806. The Morgan fingerprint density at radius 2 is 0.821 bits per heavy atom. The molecule has 132 valence electrons. The molecule has 1 aliphatic carbocycles. The largest absolute Gasteiger partial charge is 0.289 e. The second kappa shape index (κ2) is 6.79. The summed E-state index contributed by atoms with van der Waals surface area (Å²) in [7, 11) is 0. The number of carbonyl (C=O) groups excluding carboxylic acids is 1. The second-order valence-electron chi connectivity index (χ2n) is 6.90. The van der Waals surface area contributed by atoms with Gasteiger partial charge in [-0.25, -0.2) is 0 Å². The Morgan fingerprint density at radius 1 is 0.429 bits per heavy atom. The summed E-state index contributed by atoms with van der Waals surface area (Å²) in [5.41, 5.74) is 7.72. The minimum absolute atomic E-state index is 0.0806. The van der Waals surface area contributed by atoms with Crippen LogP contribution in [0.25, 0.3) is 22.3 Å². The molecule has 0 amide bonds. The van der Waals surface area contributed by atoms with Crippen molar-refractivity contribution in [1.29, 1.82) is 0 Å². The quantitative estimate of drug-likeness (QED) is 0.373. The highest BCUT2D eigenvalue weighted by atomic mass is 16.1. The highest BCUT2D eigenvalue weighted by molar-refractivity contribution is 6.40. The second-order valence-corrected chi connectivity index (χ2v) is 6.90. The zero-order valence-electron chi connectivity index (χ0n) is 15.3.